The Kier molecular flexibility index (Phi) is 2.64. The van der Waals surface area contributed by atoms with Gasteiger partial charge in [0.15, 0.2) is 0 Å². The van der Waals surface area contributed by atoms with Crippen molar-refractivity contribution in [2.45, 2.75) is 22.6 Å². The van der Waals surface area contributed by atoms with Gasteiger partial charge in [0.2, 0.25) is 5.90 Å². The van der Waals surface area contributed by atoms with Crippen LogP contribution in [0, 0.1) is 0 Å². The minimum absolute atomic E-state index is 0.243. The van der Waals surface area contributed by atoms with Crippen LogP contribution >= 0.6 is 11.8 Å². The van der Waals surface area contributed by atoms with Gasteiger partial charge in [0, 0.05) is 4.90 Å². The van der Waals surface area contributed by atoms with Crippen molar-refractivity contribution in [1.29, 1.82) is 0 Å². The zero-order valence-corrected chi connectivity index (χ0v) is 12.1. The van der Waals surface area contributed by atoms with Crippen molar-refractivity contribution in [2.24, 2.45) is 4.99 Å². The zero-order chi connectivity index (χ0) is 13.6. The molecule has 0 saturated heterocycles. The smallest absolute Gasteiger partial charge is 0.201 e. The van der Waals surface area contributed by atoms with Gasteiger partial charge in [-0.15, -0.1) is 11.8 Å². The molecule has 2 unspecified atom stereocenters. The van der Waals surface area contributed by atoms with Crippen LogP contribution in [0.25, 0.3) is 0 Å². The van der Waals surface area contributed by atoms with E-state index in [1.165, 1.54) is 16.0 Å². The van der Waals surface area contributed by atoms with E-state index in [1.807, 2.05) is 18.7 Å². The van der Waals surface area contributed by atoms with Crippen molar-refractivity contribution in [3.8, 4) is 0 Å². The van der Waals surface area contributed by atoms with Gasteiger partial charge in [-0.05, 0) is 24.1 Å². The van der Waals surface area contributed by atoms with Gasteiger partial charge in [-0.2, -0.15) is 0 Å². The standard InChI is InChI=1S/C17H15NOS/c1-2-19-16-15-17(18-16,12-8-4-3-5-9-12)13-10-6-7-11-14(13)20-15/h3-11,15H,2H2,1H3. The fraction of sp³-hybridized carbons (Fsp3) is 0.235. The summed E-state index contributed by atoms with van der Waals surface area (Å²) in [6.07, 6.45) is 0. The molecule has 0 radical (unpaired) electrons. The lowest BCUT2D eigenvalue weighted by Crippen LogP contribution is -2.49. The second-order valence-corrected chi connectivity index (χ2v) is 6.16. The second kappa shape index (κ2) is 4.38. The van der Waals surface area contributed by atoms with E-state index in [1.54, 1.807) is 0 Å². The molecule has 100 valence electrons. The number of thioether (sulfide) groups is 1. The van der Waals surface area contributed by atoms with E-state index >= 15 is 0 Å². The summed E-state index contributed by atoms with van der Waals surface area (Å²) in [6, 6.07) is 19.1. The van der Waals surface area contributed by atoms with E-state index in [9.17, 15) is 0 Å². The second-order valence-electron chi connectivity index (χ2n) is 5.01. The molecule has 2 nitrogen and oxygen atoms in total. The molecular weight excluding hydrogens is 266 g/mol. The number of aliphatic imine (C=N–C) groups is 1. The first-order valence-electron chi connectivity index (χ1n) is 6.90. The van der Waals surface area contributed by atoms with Crippen LogP contribution in [0.4, 0.5) is 0 Å². The van der Waals surface area contributed by atoms with Crippen molar-refractivity contribution in [2.75, 3.05) is 6.61 Å². The van der Waals surface area contributed by atoms with Crippen LogP contribution in [0.15, 0.2) is 64.5 Å². The number of fused-ring (bicyclic) bond motifs is 3. The summed E-state index contributed by atoms with van der Waals surface area (Å²) >= 11 is 1.87. The fourth-order valence-electron chi connectivity index (χ4n) is 3.07. The Morgan fingerprint density at radius 2 is 1.85 bits per heavy atom. The van der Waals surface area contributed by atoms with Crippen LogP contribution in [0.2, 0.25) is 0 Å². The molecule has 2 atom stereocenters. The summed E-state index contributed by atoms with van der Waals surface area (Å²) in [5.74, 6) is 0.887. The zero-order valence-electron chi connectivity index (χ0n) is 11.2. The highest BCUT2D eigenvalue weighted by molar-refractivity contribution is 8.01. The normalized spacial score (nSPS) is 26.2. The van der Waals surface area contributed by atoms with Gasteiger partial charge in [0.05, 0.1) is 6.61 Å². The van der Waals surface area contributed by atoms with Crippen molar-refractivity contribution < 1.29 is 4.74 Å². The predicted molar refractivity (Wildman–Crippen MR) is 82.4 cm³/mol. The molecule has 0 amide bonds. The van der Waals surface area contributed by atoms with E-state index in [2.05, 4.69) is 54.6 Å². The fourth-order valence-corrected chi connectivity index (χ4v) is 4.54. The third-order valence-corrected chi connectivity index (χ3v) is 5.33. The van der Waals surface area contributed by atoms with Gasteiger partial charge >= 0.3 is 0 Å². The van der Waals surface area contributed by atoms with Crippen LogP contribution in [-0.4, -0.2) is 17.8 Å². The van der Waals surface area contributed by atoms with Crippen LogP contribution in [0.1, 0.15) is 18.1 Å². The highest BCUT2D eigenvalue weighted by Crippen LogP contribution is 2.59. The third-order valence-electron chi connectivity index (χ3n) is 3.94. The summed E-state index contributed by atoms with van der Waals surface area (Å²) in [5.41, 5.74) is 2.32. The number of hydrogen-bond donors (Lipinski definition) is 0. The van der Waals surface area contributed by atoms with Gasteiger partial charge < -0.3 is 4.74 Å². The number of ether oxygens (including phenoxy) is 1. The first-order chi connectivity index (χ1) is 9.86. The summed E-state index contributed by atoms with van der Waals surface area (Å²) in [7, 11) is 0. The average Bonchev–Trinajstić information content (AvgIpc) is 2.76. The molecule has 2 aromatic carbocycles. The van der Waals surface area contributed by atoms with E-state index < -0.39 is 0 Å². The Balaban J connectivity index is 1.90. The Hall–Kier alpha value is -1.74. The van der Waals surface area contributed by atoms with Crippen LogP contribution < -0.4 is 0 Å². The minimum Gasteiger partial charge on any atom is -0.480 e. The van der Waals surface area contributed by atoms with Crippen LogP contribution in [0.5, 0.6) is 0 Å². The molecule has 3 heteroatoms. The van der Waals surface area contributed by atoms with Crippen LogP contribution in [-0.2, 0) is 10.3 Å². The lowest BCUT2D eigenvalue weighted by Gasteiger charge is -2.40. The lowest BCUT2D eigenvalue weighted by molar-refractivity contribution is 0.281. The Morgan fingerprint density at radius 3 is 2.65 bits per heavy atom. The Bertz CT molecular complexity index is 682. The minimum atomic E-state index is -0.243. The molecule has 0 saturated carbocycles. The molecule has 0 fully saturated rings. The molecule has 0 aromatic heterocycles. The predicted octanol–water partition coefficient (Wildman–Crippen LogP) is 3.85. The quantitative estimate of drug-likeness (QED) is 0.834. The summed E-state index contributed by atoms with van der Waals surface area (Å²) in [5, 5.41) is 0.280. The van der Waals surface area contributed by atoms with E-state index in [4.69, 9.17) is 9.73 Å². The number of rotatable bonds is 2. The van der Waals surface area contributed by atoms with Crippen molar-refractivity contribution in [1.82, 2.24) is 0 Å². The molecule has 2 heterocycles. The summed E-state index contributed by atoms with van der Waals surface area (Å²) in [6.45, 7) is 2.69. The van der Waals surface area contributed by atoms with E-state index in [0.717, 1.165) is 5.90 Å². The maximum atomic E-state index is 5.70. The van der Waals surface area contributed by atoms with Crippen molar-refractivity contribution >= 4 is 17.7 Å². The highest BCUT2D eigenvalue weighted by Gasteiger charge is 2.58. The van der Waals surface area contributed by atoms with Crippen molar-refractivity contribution in [3.05, 3.63) is 65.7 Å². The molecule has 0 bridgehead atoms. The van der Waals surface area contributed by atoms with Gasteiger partial charge in [-0.3, -0.25) is 0 Å². The number of hydrogen-bond acceptors (Lipinski definition) is 3. The molecule has 20 heavy (non-hydrogen) atoms. The molecule has 0 spiro atoms. The first-order valence-corrected chi connectivity index (χ1v) is 7.78. The van der Waals surface area contributed by atoms with Gasteiger partial charge in [-0.25, -0.2) is 4.99 Å². The summed E-state index contributed by atoms with van der Waals surface area (Å²) in [4.78, 5) is 6.21. The number of benzene rings is 2. The maximum Gasteiger partial charge on any atom is 0.201 e. The first kappa shape index (κ1) is 12.0. The SMILES string of the molecule is CCOC1=NC2(c3ccccc3)c3ccccc3SC12. The lowest BCUT2D eigenvalue weighted by atomic mass is 9.77. The molecule has 4 rings (SSSR count). The van der Waals surface area contributed by atoms with Crippen LogP contribution in [0.3, 0.4) is 0 Å². The molecular formula is C17H15NOS. The van der Waals surface area contributed by atoms with E-state index in [-0.39, 0.29) is 10.8 Å². The molecule has 2 aliphatic heterocycles. The molecule has 0 aliphatic carbocycles. The largest absolute Gasteiger partial charge is 0.480 e. The monoisotopic (exact) mass is 281 g/mol. The highest BCUT2D eigenvalue weighted by atomic mass is 32.2. The molecule has 0 N–H and O–H groups in total. The number of nitrogens with zero attached hydrogens (tertiary/aromatic N) is 1. The van der Waals surface area contributed by atoms with Gasteiger partial charge in [0.1, 0.15) is 10.8 Å². The summed E-state index contributed by atoms with van der Waals surface area (Å²) < 4.78 is 5.70. The molecule has 2 aromatic rings. The van der Waals surface area contributed by atoms with E-state index in [0.29, 0.717) is 6.61 Å². The topological polar surface area (TPSA) is 21.6 Å². The average molecular weight is 281 g/mol. The molecule has 2 aliphatic rings. The maximum absolute atomic E-state index is 5.70. The Morgan fingerprint density at radius 1 is 1.10 bits per heavy atom. The Labute approximate surface area is 122 Å². The third kappa shape index (κ3) is 1.44. The van der Waals surface area contributed by atoms with Crippen molar-refractivity contribution in [3.63, 3.8) is 0 Å². The van der Waals surface area contributed by atoms with Gasteiger partial charge in [0.25, 0.3) is 0 Å². The van der Waals surface area contributed by atoms with Gasteiger partial charge in [-0.1, -0.05) is 48.5 Å².